The van der Waals surface area contributed by atoms with Crippen LogP contribution in [0.3, 0.4) is 0 Å². The topological polar surface area (TPSA) is 20.2 Å². The standard InChI is InChI=1S/C10H8ClF3O/c11-8-7(13)3-6(12)5(9(8)14)4-10(15)1-2-10/h3,15H,1-2,4H2. The van der Waals surface area contributed by atoms with Crippen LogP contribution in [0.2, 0.25) is 5.02 Å². The molecule has 0 amide bonds. The van der Waals surface area contributed by atoms with E-state index in [4.69, 9.17) is 11.6 Å². The third-order valence-corrected chi connectivity index (χ3v) is 2.89. The van der Waals surface area contributed by atoms with Crippen LogP contribution in [0, 0.1) is 17.5 Å². The van der Waals surface area contributed by atoms with Crippen molar-refractivity contribution in [2.45, 2.75) is 24.9 Å². The fourth-order valence-electron chi connectivity index (χ4n) is 1.42. The first-order chi connectivity index (χ1) is 6.93. The van der Waals surface area contributed by atoms with Gasteiger partial charge in [-0.05, 0) is 12.8 Å². The fraction of sp³-hybridized carbons (Fsp3) is 0.400. The lowest BCUT2D eigenvalue weighted by Gasteiger charge is -2.10. The molecule has 2 rings (SSSR count). The molecule has 0 unspecified atom stereocenters. The first kappa shape index (κ1) is 10.8. The van der Waals surface area contributed by atoms with Gasteiger partial charge in [0.1, 0.15) is 16.7 Å². The van der Waals surface area contributed by atoms with Crippen LogP contribution in [0.25, 0.3) is 0 Å². The van der Waals surface area contributed by atoms with Crippen LogP contribution in [0.5, 0.6) is 0 Å². The van der Waals surface area contributed by atoms with E-state index in [0.717, 1.165) is 0 Å². The van der Waals surface area contributed by atoms with Crippen LogP contribution in [0.15, 0.2) is 6.07 Å². The van der Waals surface area contributed by atoms with Crippen LogP contribution in [-0.4, -0.2) is 10.7 Å². The largest absolute Gasteiger partial charge is 0.390 e. The Balaban J connectivity index is 2.41. The molecule has 0 aliphatic heterocycles. The SMILES string of the molecule is OC1(Cc2c(F)cc(F)c(Cl)c2F)CC1. The molecule has 0 atom stereocenters. The van der Waals surface area contributed by atoms with E-state index in [1.807, 2.05) is 0 Å². The molecule has 1 aliphatic rings. The third kappa shape index (κ3) is 1.96. The Morgan fingerprint density at radius 2 is 1.87 bits per heavy atom. The van der Waals surface area contributed by atoms with Crippen molar-refractivity contribution in [3.05, 3.63) is 34.1 Å². The monoisotopic (exact) mass is 236 g/mol. The van der Waals surface area contributed by atoms with Crippen molar-refractivity contribution in [2.75, 3.05) is 0 Å². The van der Waals surface area contributed by atoms with E-state index in [2.05, 4.69) is 0 Å². The molecule has 0 bridgehead atoms. The maximum atomic E-state index is 13.4. The fourth-order valence-corrected chi connectivity index (χ4v) is 1.58. The maximum Gasteiger partial charge on any atom is 0.150 e. The van der Waals surface area contributed by atoms with Crippen molar-refractivity contribution in [1.29, 1.82) is 0 Å². The second kappa shape index (κ2) is 3.39. The van der Waals surface area contributed by atoms with Gasteiger partial charge < -0.3 is 5.11 Å². The molecule has 1 nitrogen and oxygen atoms in total. The molecule has 1 aromatic rings. The average molecular weight is 237 g/mol. The Morgan fingerprint density at radius 3 is 2.40 bits per heavy atom. The van der Waals surface area contributed by atoms with Crippen molar-refractivity contribution < 1.29 is 18.3 Å². The van der Waals surface area contributed by atoms with Gasteiger partial charge in [-0.2, -0.15) is 0 Å². The molecule has 1 N–H and O–H groups in total. The van der Waals surface area contributed by atoms with Crippen LogP contribution in [-0.2, 0) is 6.42 Å². The van der Waals surface area contributed by atoms with Gasteiger partial charge in [-0.15, -0.1) is 0 Å². The summed E-state index contributed by atoms with van der Waals surface area (Å²) in [6.07, 6.45) is 0.840. The Labute approximate surface area is 89.5 Å². The lowest BCUT2D eigenvalue weighted by molar-refractivity contribution is 0.148. The molecule has 82 valence electrons. The normalized spacial score (nSPS) is 17.9. The number of halogens is 4. The van der Waals surface area contributed by atoms with Gasteiger partial charge in [0.2, 0.25) is 0 Å². The minimum Gasteiger partial charge on any atom is -0.390 e. The minimum atomic E-state index is -1.13. The summed E-state index contributed by atoms with van der Waals surface area (Å²) in [4.78, 5) is 0. The van der Waals surface area contributed by atoms with Crippen molar-refractivity contribution in [1.82, 2.24) is 0 Å². The predicted molar refractivity (Wildman–Crippen MR) is 49.2 cm³/mol. The average Bonchev–Trinajstić information content (AvgIpc) is 2.89. The number of hydrogen-bond donors (Lipinski definition) is 1. The van der Waals surface area contributed by atoms with Gasteiger partial charge >= 0.3 is 0 Å². The van der Waals surface area contributed by atoms with E-state index in [1.165, 1.54) is 0 Å². The van der Waals surface area contributed by atoms with Crippen molar-refractivity contribution >= 4 is 11.6 Å². The van der Waals surface area contributed by atoms with Crippen LogP contribution in [0.1, 0.15) is 18.4 Å². The maximum absolute atomic E-state index is 13.4. The van der Waals surface area contributed by atoms with Crippen molar-refractivity contribution in [2.24, 2.45) is 0 Å². The molecule has 1 saturated carbocycles. The molecule has 1 aliphatic carbocycles. The Bertz CT molecular complexity index is 416. The second-order valence-electron chi connectivity index (χ2n) is 3.85. The molecule has 0 heterocycles. The highest BCUT2D eigenvalue weighted by molar-refractivity contribution is 6.30. The molecule has 0 aromatic heterocycles. The van der Waals surface area contributed by atoms with E-state index in [9.17, 15) is 18.3 Å². The number of benzene rings is 1. The molecule has 1 aromatic carbocycles. The molecule has 5 heteroatoms. The van der Waals surface area contributed by atoms with Crippen molar-refractivity contribution in [3.63, 3.8) is 0 Å². The highest BCUT2D eigenvalue weighted by Gasteiger charge is 2.42. The molecular formula is C10H8ClF3O. The molecule has 0 radical (unpaired) electrons. The quantitative estimate of drug-likeness (QED) is 0.618. The van der Waals surface area contributed by atoms with Gasteiger partial charge in [0, 0.05) is 18.1 Å². The van der Waals surface area contributed by atoms with Crippen LogP contribution >= 0.6 is 11.6 Å². The summed E-state index contributed by atoms with van der Waals surface area (Å²) in [5.41, 5.74) is -1.38. The zero-order valence-corrected chi connectivity index (χ0v) is 8.41. The summed E-state index contributed by atoms with van der Waals surface area (Å²) in [5.74, 6) is -3.25. The van der Waals surface area contributed by atoms with Gasteiger partial charge in [-0.25, -0.2) is 13.2 Å². The predicted octanol–water partition coefficient (Wildman–Crippen LogP) is 2.82. The van der Waals surface area contributed by atoms with Crippen LogP contribution in [0.4, 0.5) is 13.2 Å². The summed E-state index contributed by atoms with van der Waals surface area (Å²) < 4.78 is 39.4. The Morgan fingerprint density at radius 1 is 1.27 bits per heavy atom. The molecule has 0 spiro atoms. The summed E-state index contributed by atoms with van der Waals surface area (Å²) in [6.45, 7) is 0. The Kier molecular flexibility index (Phi) is 2.43. The van der Waals surface area contributed by atoms with E-state index >= 15 is 0 Å². The molecular weight excluding hydrogens is 229 g/mol. The lowest BCUT2D eigenvalue weighted by Crippen LogP contribution is -2.14. The van der Waals surface area contributed by atoms with Gasteiger partial charge in [0.05, 0.1) is 5.60 Å². The van der Waals surface area contributed by atoms with Crippen molar-refractivity contribution in [3.8, 4) is 0 Å². The zero-order chi connectivity index (χ0) is 11.2. The number of aliphatic hydroxyl groups is 1. The van der Waals surface area contributed by atoms with Crippen LogP contribution < -0.4 is 0 Å². The van der Waals surface area contributed by atoms with E-state index < -0.39 is 28.1 Å². The first-order valence-corrected chi connectivity index (χ1v) is 4.85. The summed E-state index contributed by atoms with van der Waals surface area (Å²) in [5, 5.41) is 8.79. The highest BCUT2D eigenvalue weighted by atomic mass is 35.5. The van der Waals surface area contributed by atoms with Gasteiger partial charge in [0.15, 0.2) is 5.82 Å². The third-order valence-electron chi connectivity index (χ3n) is 2.54. The second-order valence-corrected chi connectivity index (χ2v) is 4.23. The number of hydrogen-bond acceptors (Lipinski definition) is 1. The summed E-state index contributed by atoms with van der Waals surface area (Å²) in [6, 6.07) is 0.534. The minimum absolute atomic E-state index is 0.162. The molecule has 15 heavy (non-hydrogen) atoms. The molecule has 0 saturated heterocycles. The summed E-state index contributed by atoms with van der Waals surface area (Å²) in [7, 11) is 0. The van der Waals surface area contributed by atoms with Gasteiger partial charge in [-0.3, -0.25) is 0 Å². The Hall–Kier alpha value is -0.740. The van der Waals surface area contributed by atoms with E-state index in [-0.39, 0.29) is 12.0 Å². The van der Waals surface area contributed by atoms with Gasteiger partial charge in [-0.1, -0.05) is 11.6 Å². The number of rotatable bonds is 2. The van der Waals surface area contributed by atoms with E-state index in [1.54, 1.807) is 0 Å². The summed E-state index contributed by atoms with van der Waals surface area (Å²) >= 11 is 5.31. The zero-order valence-electron chi connectivity index (χ0n) is 7.66. The smallest absolute Gasteiger partial charge is 0.150 e. The highest BCUT2D eigenvalue weighted by Crippen LogP contribution is 2.40. The molecule has 1 fully saturated rings. The van der Waals surface area contributed by atoms with Gasteiger partial charge in [0.25, 0.3) is 0 Å². The first-order valence-electron chi connectivity index (χ1n) is 4.47. The lowest BCUT2D eigenvalue weighted by atomic mass is 10.1. The van der Waals surface area contributed by atoms with E-state index in [0.29, 0.717) is 18.9 Å².